The lowest BCUT2D eigenvalue weighted by Crippen LogP contribution is -2.07. The molecule has 0 aliphatic rings. The first-order valence-corrected chi connectivity index (χ1v) is 9.67. The van der Waals surface area contributed by atoms with Crippen LogP contribution in [-0.2, 0) is 11.3 Å². The number of hydrogen-bond acceptors (Lipinski definition) is 7. The second kappa shape index (κ2) is 7.87. The lowest BCUT2D eigenvalue weighted by Gasteiger charge is -2.08. The summed E-state index contributed by atoms with van der Waals surface area (Å²) in [6.07, 6.45) is 1.56. The molecule has 7 heteroatoms. The van der Waals surface area contributed by atoms with E-state index in [9.17, 15) is 4.79 Å². The Balaban J connectivity index is 1.40. The van der Waals surface area contributed by atoms with Gasteiger partial charge in [-0.15, -0.1) is 10.2 Å². The summed E-state index contributed by atoms with van der Waals surface area (Å²) in [5, 5.41) is 8.72. The van der Waals surface area contributed by atoms with Crippen molar-refractivity contribution in [3.05, 3.63) is 90.0 Å². The number of carbonyl (C=O) groups is 1. The van der Waals surface area contributed by atoms with Crippen LogP contribution in [0.15, 0.2) is 81.8 Å². The number of carbonyl (C=O) groups excluding carboxylic acids is 1. The van der Waals surface area contributed by atoms with E-state index in [1.54, 1.807) is 24.5 Å². The predicted octanol–water partition coefficient (Wildman–Crippen LogP) is 5.21. The zero-order valence-corrected chi connectivity index (χ0v) is 16.6. The maximum Gasteiger partial charge on any atom is 0.339 e. The first kappa shape index (κ1) is 18.7. The quantitative estimate of drug-likeness (QED) is 0.367. The third-order valence-electron chi connectivity index (χ3n) is 4.77. The standard InChI is InChI=1S/C24H17N3O4/c1-15-6-4-7-16(12-15)23-27-26-22(31-23)14-30-24(28)18-13-20(21-10-5-11-29-21)25-19-9-3-2-8-17(18)19/h2-13H,14H2,1H3. The lowest BCUT2D eigenvalue weighted by molar-refractivity contribution is 0.0441. The zero-order valence-electron chi connectivity index (χ0n) is 16.6. The topological polar surface area (TPSA) is 91.2 Å². The van der Waals surface area contributed by atoms with Crippen molar-refractivity contribution in [2.45, 2.75) is 13.5 Å². The predicted molar refractivity (Wildman–Crippen MR) is 113 cm³/mol. The molecule has 3 heterocycles. The maximum atomic E-state index is 12.9. The van der Waals surface area contributed by atoms with E-state index >= 15 is 0 Å². The summed E-state index contributed by atoms with van der Waals surface area (Å²) >= 11 is 0. The van der Waals surface area contributed by atoms with Gasteiger partial charge in [-0.1, -0.05) is 35.9 Å². The van der Waals surface area contributed by atoms with Gasteiger partial charge in [-0.2, -0.15) is 0 Å². The van der Waals surface area contributed by atoms with E-state index in [2.05, 4.69) is 15.2 Å². The van der Waals surface area contributed by atoms with Gasteiger partial charge in [-0.25, -0.2) is 9.78 Å². The lowest BCUT2D eigenvalue weighted by atomic mass is 10.1. The molecule has 7 nitrogen and oxygen atoms in total. The molecule has 0 atom stereocenters. The van der Waals surface area contributed by atoms with E-state index in [1.165, 1.54) is 0 Å². The van der Waals surface area contributed by atoms with Crippen molar-refractivity contribution in [3.8, 4) is 22.9 Å². The van der Waals surface area contributed by atoms with Crippen molar-refractivity contribution in [2.75, 3.05) is 0 Å². The number of fused-ring (bicyclic) bond motifs is 1. The minimum Gasteiger partial charge on any atom is -0.463 e. The van der Waals surface area contributed by atoms with Crippen LogP contribution < -0.4 is 0 Å². The van der Waals surface area contributed by atoms with Crippen molar-refractivity contribution < 1.29 is 18.4 Å². The molecule has 3 aromatic heterocycles. The van der Waals surface area contributed by atoms with Gasteiger partial charge in [0.05, 0.1) is 17.3 Å². The highest BCUT2D eigenvalue weighted by molar-refractivity contribution is 6.04. The van der Waals surface area contributed by atoms with E-state index < -0.39 is 5.97 Å². The molecule has 0 radical (unpaired) electrons. The third-order valence-corrected chi connectivity index (χ3v) is 4.77. The normalized spacial score (nSPS) is 11.0. The number of esters is 1. The minimum absolute atomic E-state index is 0.135. The third kappa shape index (κ3) is 3.81. The molecule has 31 heavy (non-hydrogen) atoms. The number of benzene rings is 2. The van der Waals surface area contributed by atoms with Gasteiger partial charge < -0.3 is 13.6 Å². The Morgan fingerprint density at radius 1 is 1.00 bits per heavy atom. The summed E-state index contributed by atoms with van der Waals surface area (Å²) in [5.74, 6) is 0.653. The highest BCUT2D eigenvalue weighted by Crippen LogP contribution is 2.26. The number of para-hydroxylation sites is 1. The number of furan rings is 1. The second-order valence-corrected chi connectivity index (χ2v) is 7.00. The van der Waals surface area contributed by atoms with Gasteiger partial charge in [0.15, 0.2) is 12.4 Å². The Labute approximate surface area is 177 Å². The van der Waals surface area contributed by atoms with Crippen molar-refractivity contribution in [1.29, 1.82) is 0 Å². The molecule has 0 saturated carbocycles. The molecule has 0 N–H and O–H groups in total. The fourth-order valence-electron chi connectivity index (χ4n) is 3.31. The highest BCUT2D eigenvalue weighted by atomic mass is 16.5. The van der Waals surface area contributed by atoms with Crippen LogP contribution in [0, 0.1) is 6.92 Å². The molecule has 0 aliphatic carbocycles. The molecular formula is C24H17N3O4. The summed E-state index contributed by atoms with van der Waals surface area (Å²) < 4.78 is 16.6. The van der Waals surface area contributed by atoms with Crippen LogP contribution in [0.25, 0.3) is 33.8 Å². The molecule has 0 aliphatic heterocycles. The first-order valence-electron chi connectivity index (χ1n) is 9.67. The van der Waals surface area contributed by atoms with Gasteiger partial charge in [0, 0.05) is 10.9 Å². The number of aryl methyl sites for hydroxylation is 1. The van der Waals surface area contributed by atoms with Crippen molar-refractivity contribution in [2.24, 2.45) is 0 Å². The van der Waals surface area contributed by atoms with Gasteiger partial charge in [0.1, 0.15) is 5.69 Å². The van der Waals surface area contributed by atoms with Crippen LogP contribution >= 0.6 is 0 Å². The Kier molecular flexibility index (Phi) is 4.76. The molecule has 0 fully saturated rings. The van der Waals surface area contributed by atoms with Gasteiger partial charge in [0.25, 0.3) is 5.89 Å². The minimum atomic E-state index is -0.512. The molecule has 152 valence electrons. The van der Waals surface area contributed by atoms with Crippen LogP contribution in [0.3, 0.4) is 0 Å². The molecule has 0 saturated heterocycles. The summed E-state index contributed by atoms with van der Waals surface area (Å²) in [6.45, 7) is 1.85. The molecule has 5 rings (SSSR count). The molecular weight excluding hydrogens is 394 g/mol. The smallest absolute Gasteiger partial charge is 0.339 e. The number of nitrogens with zero attached hydrogens (tertiary/aromatic N) is 3. The largest absolute Gasteiger partial charge is 0.463 e. The zero-order chi connectivity index (χ0) is 21.2. The monoisotopic (exact) mass is 411 g/mol. The molecule has 0 amide bonds. The molecule has 0 bridgehead atoms. The Hall–Kier alpha value is -4.26. The Morgan fingerprint density at radius 2 is 1.90 bits per heavy atom. The average Bonchev–Trinajstić information content (AvgIpc) is 3.49. The molecule has 0 spiro atoms. The van der Waals surface area contributed by atoms with Crippen LogP contribution in [0.5, 0.6) is 0 Å². The molecule has 5 aromatic rings. The fourth-order valence-corrected chi connectivity index (χ4v) is 3.31. The van der Waals surface area contributed by atoms with Gasteiger partial charge in [-0.3, -0.25) is 0 Å². The molecule has 2 aromatic carbocycles. The van der Waals surface area contributed by atoms with Crippen molar-refractivity contribution in [1.82, 2.24) is 15.2 Å². The SMILES string of the molecule is Cc1cccc(-c2nnc(COC(=O)c3cc(-c4ccco4)nc4ccccc34)o2)c1. The Morgan fingerprint density at radius 3 is 2.74 bits per heavy atom. The first-order chi connectivity index (χ1) is 15.2. The Bertz CT molecular complexity index is 1370. The number of aromatic nitrogens is 3. The number of hydrogen-bond donors (Lipinski definition) is 0. The average molecular weight is 411 g/mol. The fraction of sp³-hybridized carbons (Fsp3) is 0.0833. The number of ether oxygens (including phenoxy) is 1. The van der Waals surface area contributed by atoms with Crippen molar-refractivity contribution >= 4 is 16.9 Å². The van der Waals surface area contributed by atoms with Crippen LogP contribution in [0.2, 0.25) is 0 Å². The maximum absolute atomic E-state index is 12.9. The van der Waals surface area contributed by atoms with E-state index in [4.69, 9.17) is 13.6 Å². The van der Waals surface area contributed by atoms with E-state index in [0.717, 1.165) is 11.1 Å². The van der Waals surface area contributed by atoms with E-state index in [0.29, 0.717) is 33.8 Å². The van der Waals surface area contributed by atoms with Crippen LogP contribution in [0.4, 0.5) is 0 Å². The van der Waals surface area contributed by atoms with E-state index in [-0.39, 0.29) is 12.5 Å². The van der Waals surface area contributed by atoms with Gasteiger partial charge in [-0.05, 0) is 43.3 Å². The second-order valence-electron chi connectivity index (χ2n) is 7.00. The van der Waals surface area contributed by atoms with Gasteiger partial charge in [0.2, 0.25) is 5.89 Å². The van der Waals surface area contributed by atoms with Crippen molar-refractivity contribution in [3.63, 3.8) is 0 Å². The van der Waals surface area contributed by atoms with Gasteiger partial charge >= 0.3 is 5.97 Å². The molecule has 0 unspecified atom stereocenters. The summed E-state index contributed by atoms with van der Waals surface area (Å²) in [5.41, 5.74) is 3.50. The van der Waals surface area contributed by atoms with Crippen LogP contribution in [0.1, 0.15) is 21.8 Å². The summed E-state index contributed by atoms with van der Waals surface area (Å²) in [7, 11) is 0. The number of rotatable bonds is 5. The van der Waals surface area contributed by atoms with E-state index in [1.807, 2.05) is 55.5 Å². The number of pyridine rings is 1. The summed E-state index contributed by atoms with van der Waals surface area (Å²) in [6, 6.07) is 20.3. The highest BCUT2D eigenvalue weighted by Gasteiger charge is 2.18. The summed E-state index contributed by atoms with van der Waals surface area (Å²) in [4.78, 5) is 17.5. The van der Waals surface area contributed by atoms with Crippen LogP contribution in [-0.4, -0.2) is 21.2 Å².